The Morgan fingerprint density at radius 3 is 3.00 bits per heavy atom. The lowest BCUT2D eigenvalue weighted by Gasteiger charge is -2.10. The molecular formula is C12H14ClFN2O. The quantitative estimate of drug-likeness (QED) is 0.844. The molecule has 0 aromatic carbocycles. The first-order chi connectivity index (χ1) is 8.15. The van der Waals surface area contributed by atoms with E-state index in [1.165, 1.54) is 12.3 Å². The molecule has 2 atom stereocenters. The van der Waals surface area contributed by atoms with Crippen LogP contribution in [-0.2, 0) is 0 Å². The van der Waals surface area contributed by atoms with E-state index < -0.39 is 5.82 Å². The van der Waals surface area contributed by atoms with Crippen LogP contribution in [0, 0.1) is 11.7 Å². The van der Waals surface area contributed by atoms with E-state index in [9.17, 15) is 9.18 Å². The molecule has 0 aliphatic heterocycles. The molecule has 1 fully saturated rings. The van der Waals surface area contributed by atoms with Crippen molar-refractivity contribution in [3.8, 4) is 0 Å². The maximum atomic E-state index is 12.9. The van der Waals surface area contributed by atoms with Crippen molar-refractivity contribution in [2.45, 2.75) is 24.6 Å². The zero-order valence-corrected chi connectivity index (χ0v) is 10.1. The van der Waals surface area contributed by atoms with E-state index >= 15 is 0 Å². The van der Waals surface area contributed by atoms with E-state index in [0.29, 0.717) is 12.5 Å². The van der Waals surface area contributed by atoms with E-state index in [0.717, 1.165) is 25.5 Å². The minimum atomic E-state index is -0.501. The lowest BCUT2D eigenvalue weighted by molar-refractivity contribution is 0.0946. The summed E-state index contributed by atoms with van der Waals surface area (Å²) >= 11 is 5.99. The van der Waals surface area contributed by atoms with Crippen molar-refractivity contribution in [3.05, 3.63) is 29.8 Å². The third-order valence-electron chi connectivity index (χ3n) is 3.00. The predicted molar refractivity (Wildman–Crippen MR) is 63.5 cm³/mol. The molecule has 0 bridgehead atoms. The summed E-state index contributed by atoms with van der Waals surface area (Å²) in [4.78, 5) is 15.3. The lowest BCUT2D eigenvalue weighted by atomic mass is 10.1. The normalized spacial score (nSPS) is 23.6. The fraction of sp³-hybridized carbons (Fsp3) is 0.500. The van der Waals surface area contributed by atoms with Crippen molar-refractivity contribution in [1.82, 2.24) is 10.3 Å². The van der Waals surface area contributed by atoms with Crippen LogP contribution in [0.25, 0.3) is 0 Å². The molecular weight excluding hydrogens is 243 g/mol. The average molecular weight is 257 g/mol. The van der Waals surface area contributed by atoms with Gasteiger partial charge in [-0.25, -0.2) is 4.39 Å². The van der Waals surface area contributed by atoms with Crippen molar-refractivity contribution >= 4 is 17.5 Å². The van der Waals surface area contributed by atoms with E-state index in [1.807, 2.05) is 0 Å². The number of carbonyl (C=O) groups excluding carboxylic acids is 1. The number of halogens is 2. The number of nitrogens with zero attached hydrogens (tertiary/aromatic N) is 1. The van der Waals surface area contributed by atoms with Crippen LogP contribution in [0.2, 0.25) is 0 Å². The van der Waals surface area contributed by atoms with Gasteiger partial charge in [0.25, 0.3) is 5.91 Å². The van der Waals surface area contributed by atoms with Crippen LogP contribution in [0.4, 0.5) is 4.39 Å². The standard InChI is InChI=1S/C12H14ClFN2O/c13-10-2-1-8(3-10)5-16-12(17)9-4-11(14)7-15-6-9/h4,6-8,10H,1-3,5H2,(H,16,17). The molecule has 1 amide bonds. The fourth-order valence-corrected chi connectivity index (χ4v) is 2.45. The summed E-state index contributed by atoms with van der Waals surface area (Å²) in [5.74, 6) is -0.350. The van der Waals surface area contributed by atoms with Crippen LogP contribution in [0.15, 0.2) is 18.5 Å². The highest BCUT2D eigenvalue weighted by Crippen LogP contribution is 2.28. The maximum Gasteiger partial charge on any atom is 0.252 e. The molecule has 0 radical (unpaired) electrons. The van der Waals surface area contributed by atoms with Crippen molar-refractivity contribution in [3.63, 3.8) is 0 Å². The van der Waals surface area contributed by atoms with Gasteiger partial charge in [-0.2, -0.15) is 0 Å². The minimum Gasteiger partial charge on any atom is -0.352 e. The minimum absolute atomic E-state index is 0.229. The second-order valence-corrected chi connectivity index (χ2v) is 5.00. The average Bonchev–Trinajstić information content (AvgIpc) is 2.72. The molecule has 5 heteroatoms. The van der Waals surface area contributed by atoms with Gasteiger partial charge in [-0.3, -0.25) is 9.78 Å². The summed E-state index contributed by atoms with van der Waals surface area (Å²) in [6.45, 7) is 0.596. The van der Waals surface area contributed by atoms with Gasteiger partial charge < -0.3 is 5.32 Å². The number of alkyl halides is 1. The number of carbonyl (C=O) groups is 1. The Bertz CT molecular complexity index is 413. The molecule has 3 nitrogen and oxygen atoms in total. The first kappa shape index (κ1) is 12.3. The molecule has 1 N–H and O–H groups in total. The van der Waals surface area contributed by atoms with Gasteiger partial charge in [-0.05, 0) is 31.2 Å². The maximum absolute atomic E-state index is 12.9. The second-order valence-electron chi connectivity index (χ2n) is 4.38. The Hall–Kier alpha value is -1.16. The topological polar surface area (TPSA) is 42.0 Å². The Morgan fingerprint density at radius 2 is 2.35 bits per heavy atom. The van der Waals surface area contributed by atoms with Crippen LogP contribution >= 0.6 is 11.6 Å². The van der Waals surface area contributed by atoms with Crippen LogP contribution in [-0.4, -0.2) is 22.8 Å². The van der Waals surface area contributed by atoms with Gasteiger partial charge >= 0.3 is 0 Å². The number of pyridine rings is 1. The van der Waals surface area contributed by atoms with Gasteiger partial charge in [0.2, 0.25) is 0 Å². The molecule has 0 spiro atoms. The van der Waals surface area contributed by atoms with Crippen molar-refractivity contribution < 1.29 is 9.18 Å². The first-order valence-corrected chi connectivity index (χ1v) is 6.11. The van der Waals surface area contributed by atoms with Gasteiger partial charge in [0.15, 0.2) is 0 Å². The molecule has 1 heterocycles. The third kappa shape index (κ3) is 3.40. The Kier molecular flexibility index (Phi) is 3.94. The highest BCUT2D eigenvalue weighted by Gasteiger charge is 2.23. The van der Waals surface area contributed by atoms with E-state index in [-0.39, 0.29) is 16.8 Å². The number of aromatic nitrogens is 1. The number of hydrogen-bond donors (Lipinski definition) is 1. The van der Waals surface area contributed by atoms with Crippen LogP contribution in [0.5, 0.6) is 0 Å². The molecule has 1 aromatic rings. The van der Waals surface area contributed by atoms with Gasteiger partial charge in [-0.1, -0.05) is 0 Å². The smallest absolute Gasteiger partial charge is 0.252 e. The molecule has 1 aliphatic carbocycles. The monoisotopic (exact) mass is 256 g/mol. The van der Waals surface area contributed by atoms with Crippen LogP contribution in [0.3, 0.4) is 0 Å². The van der Waals surface area contributed by atoms with Gasteiger partial charge in [0.05, 0.1) is 11.8 Å². The summed E-state index contributed by atoms with van der Waals surface area (Å²) in [7, 11) is 0. The Balaban J connectivity index is 1.85. The van der Waals surface area contributed by atoms with Gasteiger partial charge in [0.1, 0.15) is 5.82 Å². The Labute approximate surface area is 104 Å². The molecule has 1 saturated carbocycles. The van der Waals surface area contributed by atoms with Crippen molar-refractivity contribution in [1.29, 1.82) is 0 Å². The number of hydrogen-bond acceptors (Lipinski definition) is 2. The predicted octanol–water partition coefficient (Wildman–Crippen LogP) is 2.36. The largest absolute Gasteiger partial charge is 0.352 e. The number of amides is 1. The van der Waals surface area contributed by atoms with Gasteiger partial charge in [0, 0.05) is 18.1 Å². The van der Waals surface area contributed by atoms with E-state index in [4.69, 9.17) is 11.6 Å². The summed E-state index contributed by atoms with van der Waals surface area (Å²) in [6, 6.07) is 1.18. The van der Waals surface area contributed by atoms with Crippen molar-refractivity contribution in [2.24, 2.45) is 5.92 Å². The van der Waals surface area contributed by atoms with Gasteiger partial charge in [-0.15, -0.1) is 11.6 Å². The zero-order valence-electron chi connectivity index (χ0n) is 9.33. The second kappa shape index (κ2) is 5.45. The van der Waals surface area contributed by atoms with Crippen LogP contribution in [0.1, 0.15) is 29.6 Å². The number of nitrogens with one attached hydrogen (secondary N) is 1. The zero-order chi connectivity index (χ0) is 12.3. The van der Waals surface area contributed by atoms with Crippen LogP contribution < -0.4 is 5.32 Å². The van der Waals surface area contributed by atoms with E-state index in [2.05, 4.69) is 10.3 Å². The summed E-state index contributed by atoms with van der Waals surface area (Å²) in [5.41, 5.74) is 0.255. The molecule has 1 aliphatic rings. The third-order valence-corrected chi connectivity index (χ3v) is 3.39. The van der Waals surface area contributed by atoms with Crippen molar-refractivity contribution in [2.75, 3.05) is 6.54 Å². The molecule has 2 rings (SSSR count). The first-order valence-electron chi connectivity index (χ1n) is 5.68. The summed E-state index contributed by atoms with van der Waals surface area (Å²) < 4.78 is 12.9. The molecule has 0 saturated heterocycles. The summed E-state index contributed by atoms with van der Waals surface area (Å²) in [5, 5.41) is 3.01. The molecule has 1 aromatic heterocycles. The number of rotatable bonds is 3. The van der Waals surface area contributed by atoms with E-state index in [1.54, 1.807) is 0 Å². The fourth-order valence-electron chi connectivity index (χ4n) is 2.07. The highest BCUT2D eigenvalue weighted by molar-refractivity contribution is 6.20. The Morgan fingerprint density at radius 1 is 1.53 bits per heavy atom. The SMILES string of the molecule is O=C(NCC1CCC(Cl)C1)c1cncc(F)c1. The molecule has 92 valence electrons. The lowest BCUT2D eigenvalue weighted by Crippen LogP contribution is -2.28. The highest BCUT2D eigenvalue weighted by atomic mass is 35.5. The molecule has 2 unspecified atom stereocenters. The summed E-state index contributed by atoms with van der Waals surface area (Å²) in [6.07, 6.45) is 5.41. The molecule has 17 heavy (non-hydrogen) atoms.